The summed E-state index contributed by atoms with van der Waals surface area (Å²) < 4.78 is 1.45. The number of carbonyl (C=O) groups is 5. The number of nitrogens with zero attached hydrogens (tertiary/aromatic N) is 5. The normalized spacial score (nSPS) is 21.0. The van der Waals surface area contributed by atoms with Crippen molar-refractivity contribution in [3.05, 3.63) is 54.1 Å². The molecule has 2 aromatic heterocycles. The highest BCUT2D eigenvalue weighted by atomic mass is 16.2. The van der Waals surface area contributed by atoms with Gasteiger partial charge in [-0.3, -0.25) is 29.1 Å². The molecule has 1 aliphatic heterocycles. The van der Waals surface area contributed by atoms with E-state index in [0.717, 1.165) is 5.56 Å². The minimum atomic E-state index is -0.985. The molecule has 1 aromatic carbocycles. The zero-order chi connectivity index (χ0) is 32.5. The number of aromatic amines is 1. The molecule has 1 aliphatic rings. The van der Waals surface area contributed by atoms with E-state index in [-0.39, 0.29) is 43.6 Å². The number of nitrogens with one attached hydrogen (secondary N) is 5. The Hall–Kier alpha value is -5.08. The minimum absolute atomic E-state index is 0.0578. The van der Waals surface area contributed by atoms with Crippen LogP contribution in [-0.4, -0.2) is 91.1 Å². The van der Waals surface area contributed by atoms with Gasteiger partial charge in [0.2, 0.25) is 23.6 Å². The van der Waals surface area contributed by atoms with Gasteiger partial charge in [-0.1, -0.05) is 44.2 Å². The van der Waals surface area contributed by atoms with E-state index in [4.69, 9.17) is 0 Å². The maximum Gasteiger partial charge on any atom is 0.257 e. The van der Waals surface area contributed by atoms with Crippen LogP contribution in [0.15, 0.2) is 42.7 Å². The van der Waals surface area contributed by atoms with Crippen LogP contribution in [0.5, 0.6) is 0 Å². The highest BCUT2D eigenvalue weighted by molar-refractivity contribution is 5.97. The second kappa shape index (κ2) is 15.1. The summed E-state index contributed by atoms with van der Waals surface area (Å²) in [6.45, 7) is 6.96. The summed E-state index contributed by atoms with van der Waals surface area (Å²) in [6.07, 6.45) is 3.46. The molecule has 3 atom stereocenters. The van der Waals surface area contributed by atoms with Crippen molar-refractivity contribution in [2.75, 3.05) is 19.6 Å². The number of fused-ring (bicyclic) bond motifs is 1. The third-order valence-corrected chi connectivity index (χ3v) is 7.18. The van der Waals surface area contributed by atoms with E-state index in [9.17, 15) is 24.0 Å². The molecule has 4 rings (SSSR count). The molecule has 0 fully saturated rings. The van der Waals surface area contributed by atoms with Crippen molar-refractivity contribution in [3.63, 3.8) is 0 Å². The van der Waals surface area contributed by atoms with Crippen LogP contribution in [0.1, 0.15) is 62.8 Å². The third kappa shape index (κ3) is 8.97. The Morgan fingerprint density at radius 3 is 2.40 bits per heavy atom. The summed E-state index contributed by atoms with van der Waals surface area (Å²) in [7, 11) is 0. The molecule has 0 spiro atoms. The SMILES string of the molecule is CC(C)C[C@H]1NC(=O)[C@@H](C)NC(=O)CN(C(=O)c2cn[nH]c2)CCCNC(=O)Cn2nc(-c3ccccc3)nc2[C@H](C)NC1=O. The Morgan fingerprint density at radius 2 is 1.71 bits per heavy atom. The predicted octanol–water partition coefficient (Wildman–Crippen LogP) is 0.543. The Balaban J connectivity index is 1.63. The number of hydrogen-bond donors (Lipinski definition) is 5. The van der Waals surface area contributed by atoms with Crippen LogP contribution in [0, 0.1) is 5.92 Å². The molecule has 5 N–H and O–H groups in total. The molecule has 5 amide bonds. The predicted molar refractivity (Wildman–Crippen MR) is 163 cm³/mol. The fourth-order valence-corrected chi connectivity index (χ4v) is 4.90. The zero-order valence-electron chi connectivity index (χ0n) is 25.9. The highest BCUT2D eigenvalue weighted by Crippen LogP contribution is 2.19. The fourth-order valence-electron chi connectivity index (χ4n) is 4.90. The van der Waals surface area contributed by atoms with E-state index in [1.165, 1.54) is 28.9 Å². The molecular formula is C30H40N10O5. The Kier molecular flexibility index (Phi) is 11.0. The van der Waals surface area contributed by atoms with Gasteiger partial charge in [0.1, 0.15) is 24.5 Å². The molecule has 0 saturated heterocycles. The van der Waals surface area contributed by atoms with E-state index in [1.807, 2.05) is 44.2 Å². The van der Waals surface area contributed by atoms with Gasteiger partial charge in [0, 0.05) is 24.8 Å². The van der Waals surface area contributed by atoms with Gasteiger partial charge in [0.05, 0.1) is 24.3 Å². The van der Waals surface area contributed by atoms with E-state index in [1.54, 1.807) is 6.92 Å². The molecular weight excluding hydrogens is 580 g/mol. The lowest BCUT2D eigenvalue weighted by atomic mass is 10.0. The van der Waals surface area contributed by atoms with Crippen LogP contribution >= 0.6 is 0 Å². The first-order valence-electron chi connectivity index (χ1n) is 15.0. The lowest BCUT2D eigenvalue weighted by Gasteiger charge is -2.25. The molecule has 3 aromatic rings. The third-order valence-electron chi connectivity index (χ3n) is 7.18. The zero-order valence-corrected chi connectivity index (χ0v) is 25.9. The van der Waals surface area contributed by atoms with Crippen molar-refractivity contribution in [2.24, 2.45) is 5.92 Å². The molecule has 0 aliphatic carbocycles. The molecule has 45 heavy (non-hydrogen) atoms. The van der Waals surface area contributed by atoms with Gasteiger partial charge in [0.25, 0.3) is 5.91 Å². The van der Waals surface area contributed by atoms with Gasteiger partial charge in [0.15, 0.2) is 5.82 Å². The number of benzene rings is 1. The molecule has 0 radical (unpaired) electrons. The quantitative estimate of drug-likeness (QED) is 0.279. The van der Waals surface area contributed by atoms with Gasteiger partial charge < -0.3 is 26.2 Å². The lowest BCUT2D eigenvalue weighted by Crippen LogP contribution is -2.54. The van der Waals surface area contributed by atoms with Crippen LogP contribution < -0.4 is 21.3 Å². The van der Waals surface area contributed by atoms with Crippen LogP contribution in [0.4, 0.5) is 0 Å². The van der Waals surface area contributed by atoms with E-state index < -0.39 is 41.8 Å². The second-order valence-corrected chi connectivity index (χ2v) is 11.4. The average molecular weight is 621 g/mol. The standard InChI is InChI=1S/C30H40N10O5/c1-18(2)13-23-29(44)35-19(3)27-37-26(21-9-6-5-7-10-21)38-40(27)17-24(41)31-11-8-12-39(30(45)22-14-32-33-15-22)16-25(42)34-20(4)28(43)36-23/h5-7,9-10,14-15,18-20,23H,8,11-13,16-17H2,1-4H3,(H,31,41)(H,32,33)(H,34,42)(H,35,44)(H,36,43)/t19-,20+,23+/m0/s1. The molecule has 240 valence electrons. The van der Waals surface area contributed by atoms with E-state index in [2.05, 4.69) is 41.5 Å². The number of aromatic nitrogens is 5. The van der Waals surface area contributed by atoms with Crippen molar-refractivity contribution in [3.8, 4) is 11.4 Å². The van der Waals surface area contributed by atoms with Gasteiger partial charge in [-0.25, -0.2) is 9.67 Å². The molecule has 0 saturated carbocycles. The summed E-state index contributed by atoms with van der Waals surface area (Å²) in [5.74, 6) is -1.51. The molecule has 15 heteroatoms. The van der Waals surface area contributed by atoms with Crippen LogP contribution in [0.3, 0.4) is 0 Å². The maximum atomic E-state index is 13.5. The first-order valence-corrected chi connectivity index (χ1v) is 15.0. The van der Waals surface area contributed by atoms with Gasteiger partial charge in [-0.15, -0.1) is 0 Å². The van der Waals surface area contributed by atoms with Gasteiger partial charge in [-0.2, -0.15) is 10.2 Å². The fraction of sp³-hybridized carbons (Fsp3) is 0.467. The monoisotopic (exact) mass is 620 g/mol. The smallest absolute Gasteiger partial charge is 0.257 e. The first-order chi connectivity index (χ1) is 21.5. The summed E-state index contributed by atoms with van der Waals surface area (Å²) in [5.41, 5.74) is 1.01. The number of carbonyl (C=O) groups excluding carboxylic acids is 5. The van der Waals surface area contributed by atoms with Crippen molar-refractivity contribution in [1.82, 2.24) is 51.1 Å². The van der Waals surface area contributed by atoms with Crippen LogP contribution in [-0.2, 0) is 25.7 Å². The molecule has 0 unspecified atom stereocenters. The van der Waals surface area contributed by atoms with Crippen molar-refractivity contribution >= 4 is 29.5 Å². The summed E-state index contributed by atoms with van der Waals surface area (Å²) in [5, 5.41) is 22.1. The largest absolute Gasteiger partial charge is 0.354 e. The number of H-pyrrole nitrogens is 1. The topological polar surface area (TPSA) is 196 Å². The molecule has 3 heterocycles. The summed E-state index contributed by atoms with van der Waals surface area (Å²) in [4.78, 5) is 71.7. The first kappa shape index (κ1) is 32.8. The number of rotatable bonds is 4. The minimum Gasteiger partial charge on any atom is -0.354 e. The van der Waals surface area contributed by atoms with Gasteiger partial charge >= 0.3 is 0 Å². The number of hydrogen-bond acceptors (Lipinski definition) is 8. The van der Waals surface area contributed by atoms with Crippen molar-refractivity contribution in [2.45, 2.75) is 65.2 Å². The molecule has 15 nitrogen and oxygen atoms in total. The molecule has 0 bridgehead atoms. The van der Waals surface area contributed by atoms with Crippen molar-refractivity contribution < 1.29 is 24.0 Å². The second-order valence-electron chi connectivity index (χ2n) is 11.4. The van der Waals surface area contributed by atoms with E-state index >= 15 is 0 Å². The van der Waals surface area contributed by atoms with Gasteiger partial charge in [-0.05, 0) is 32.6 Å². The average Bonchev–Trinajstić information content (AvgIpc) is 3.68. The Morgan fingerprint density at radius 1 is 0.956 bits per heavy atom. The summed E-state index contributed by atoms with van der Waals surface area (Å²) >= 11 is 0. The summed E-state index contributed by atoms with van der Waals surface area (Å²) in [6, 6.07) is 6.72. The van der Waals surface area contributed by atoms with Crippen molar-refractivity contribution in [1.29, 1.82) is 0 Å². The maximum absolute atomic E-state index is 13.5. The Labute approximate surface area is 260 Å². The van der Waals surface area contributed by atoms with Crippen LogP contribution in [0.2, 0.25) is 0 Å². The highest BCUT2D eigenvalue weighted by Gasteiger charge is 2.29. The van der Waals surface area contributed by atoms with E-state index in [0.29, 0.717) is 24.5 Å². The van der Waals surface area contributed by atoms with Crippen LogP contribution in [0.25, 0.3) is 11.4 Å². The Bertz CT molecular complexity index is 1490. The number of amides is 5. The lowest BCUT2D eigenvalue weighted by molar-refractivity contribution is -0.132.